The Morgan fingerprint density at radius 1 is 1.14 bits per heavy atom. The number of carbonyl (C=O) groups is 1. The fourth-order valence-electron chi connectivity index (χ4n) is 4.13. The van der Waals surface area contributed by atoms with Crippen molar-refractivity contribution in [3.63, 3.8) is 0 Å². The number of aryl methyl sites for hydroxylation is 1. The number of carbonyl (C=O) groups excluding carboxylic acids is 1. The maximum Gasteiger partial charge on any atom is 0.242 e. The Balaban J connectivity index is 1.44. The van der Waals surface area contributed by atoms with Gasteiger partial charge in [-0.25, -0.2) is 0 Å². The Kier molecular flexibility index (Phi) is 5.43. The SMILES string of the molecule is Cc1cn(CC(=O)N2CCN(c3ccc(S(=O)[O-])cc3)CC2C)c2ccccc12. The van der Waals surface area contributed by atoms with Crippen LogP contribution in [0.1, 0.15) is 12.5 Å². The number of amides is 1. The fourth-order valence-corrected chi connectivity index (χ4v) is 4.49. The molecule has 1 aliphatic heterocycles. The molecule has 4 rings (SSSR count). The van der Waals surface area contributed by atoms with Crippen molar-refractivity contribution in [2.45, 2.75) is 31.3 Å². The van der Waals surface area contributed by atoms with Crippen molar-refractivity contribution in [1.29, 1.82) is 0 Å². The minimum atomic E-state index is -2.21. The second-order valence-electron chi connectivity index (χ2n) is 7.57. The van der Waals surface area contributed by atoms with Gasteiger partial charge in [-0.05, 0) is 60.8 Å². The second kappa shape index (κ2) is 8.00. The molecule has 29 heavy (non-hydrogen) atoms. The summed E-state index contributed by atoms with van der Waals surface area (Å²) in [5, 5.41) is 1.18. The molecule has 7 heteroatoms. The minimum absolute atomic E-state index is 0.0764. The number of nitrogens with zero attached hydrogens (tertiary/aromatic N) is 3. The highest BCUT2D eigenvalue weighted by atomic mass is 32.2. The summed E-state index contributed by atoms with van der Waals surface area (Å²) < 4.78 is 24.1. The van der Waals surface area contributed by atoms with E-state index in [1.165, 1.54) is 10.9 Å². The summed E-state index contributed by atoms with van der Waals surface area (Å²) in [4.78, 5) is 17.4. The topological polar surface area (TPSA) is 68.6 Å². The van der Waals surface area contributed by atoms with Gasteiger partial charge in [0.1, 0.15) is 6.54 Å². The molecule has 2 unspecified atom stereocenters. The molecule has 0 aliphatic carbocycles. The molecule has 1 fully saturated rings. The molecule has 0 spiro atoms. The lowest BCUT2D eigenvalue weighted by atomic mass is 10.1. The summed E-state index contributed by atoms with van der Waals surface area (Å²) in [6.45, 7) is 6.55. The minimum Gasteiger partial charge on any atom is -0.768 e. The quantitative estimate of drug-likeness (QED) is 0.620. The molecule has 0 bridgehead atoms. The monoisotopic (exact) mass is 410 g/mol. The summed E-state index contributed by atoms with van der Waals surface area (Å²) in [7, 11) is 0. The molecule has 3 aromatic rings. The van der Waals surface area contributed by atoms with E-state index in [1.54, 1.807) is 12.1 Å². The van der Waals surface area contributed by atoms with E-state index in [9.17, 15) is 13.6 Å². The van der Waals surface area contributed by atoms with E-state index in [-0.39, 0.29) is 16.8 Å². The van der Waals surface area contributed by atoms with Crippen molar-refractivity contribution in [2.75, 3.05) is 24.5 Å². The Hall–Kier alpha value is -2.64. The van der Waals surface area contributed by atoms with Crippen LogP contribution < -0.4 is 4.90 Å². The number of benzene rings is 2. The summed E-state index contributed by atoms with van der Waals surface area (Å²) in [6.07, 6.45) is 2.05. The van der Waals surface area contributed by atoms with Crippen LogP contribution in [0.4, 0.5) is 5.69 Å². The van der Waals surface area contributed by atoms with E-state index in [1.807, 2.05) is 39.9 Å². The fraction of sp³-hybridized carbons (Fsp3) is 0.318. The Bertz CT molecular complexity index is 1060. The van der Waals surface area contributed by atoms with Gasteiger partial charge in [0.25, 0.3) is 0 Å². The van der Waals surface area contributed by atoms with Gasteiger partial charge in [-0.2, -0.15) is 0 Å². The van der Waals surface area contributed by atoms with Crippen molar-refractivity contribution in [1.82, 2.24) is 9.47 Å². The normalized spacial score (nSPS) is 18.2. The van der Waals surface area contributed by atoms with Crippen LogP contribution in [0.3, 0.4) is 0 Å². The van der Waals surface area contributed by atoms with Gasteiger partial charge in [-0.3, -0.25) is 9.00 Å². The van der Waals surface area contributed by atoms with Gasteiger partial charge >= 0.3 is 0 Å². The summed E-state index contributed by atoms with van der Waals surface area (Å²) in [6, 6.07) is 15.1. The average molecular weight is 411 g/mol. The Labute approximate surface area is 173 Å². The van der Waals surface area contributed by atoms with Gasteiger partial charge in [-0.1, -0.05) is 18.2 Å². The van der Waals surface area contributed by atoms with Gasteiger partial charge < -0.3 is 18.9 Å². The number of aromatic nitrogens is 1. The molecule has 6 nitrogen and oxygen atoms in total. The smallest absolute Gasteiger partial charge is 0.242 e. The molecular weight excluding hydrogens is 386 g/mol. The highest BCUT2D eigenvalue weighted by molar-refractivity contribution is 7.79. The van der Waals surface area contributed by atoms with E-state index in [0.717, 1.165) is 24.3 Å². The van der Waals surface area contributed by atoms with Crippen molar-refractivity contribution >= 4 is 33.6 Å². The van der Waals surface area contributed by atoms with Crippen molar-refractivity contribution in [2.24, 2.45) is 0 Å². The van der Waals surface area contributed by atoms with Crippen LogP contribution in [0, 0.1) is 6.92 Å². The predicted molar refractivity (Wildman–Crippen MR) is 114 cm³/mol. The lowest BCUT2D eigenvalue weighted by molar-refractivity contribution is -0.134. The zero-order chi connectivity index (χ0) is 20.5. The standard InChI is InChI=1S/C22H25N3O3S/c1-16-13-24(21-6-4-3-5-20(16)21)15-22(26)25-12-11-23(14-17(25)2)18-7-9-19(10-8-18)29(27)28/h3-10,13,17H,11-12,14-15H2,1-2H3,(H,27,28)/p-1. The third kappa shape index (κ3) is 3.93. The zero-order valence-electron chi connectivity index (χ0n) is 16.6. The van der Waals surface area contributed by atoms with Crippen LogP contribution in [-0.2, 0) is 22.4 Å². The molecule has 0 saturated carbocycles. The van der Waals surface area contributed by atoms with Gasteiger partial charge in [0.15, 0.2) is 0 Å². The molecule has 2 atom stereocenters. The van der Waals surface area contributed by atoms with Crippen LogP contribution in [-0.4, -0.2) is 49.8 Å². The first kappa shape index (κ1) is 19.7. The van der Waals surface area contributed by atoms with E-state index >= 15 is 0 Å². The van der Waals surface area contributed by atoms with E-state index in [0.29, 0.717) is 13.1 Å². The van der Waals surface area contributed by atoms with E-state index < -0.39 is 11.1 Å². The number of hydrogen-bond acceptors (Lipinski definition) is 4. The van der Waals surface area contributed by atoms with Crippen LogP contribution >= 0.6 is 0 Å². The Morgan fingerprint density at radius 3 is 2.55 bits per heavy atom. The van der Waals surface area contributed by atoms with Gasteiger partial charge in [-0.15, -0.1) is 0 Å². The number of fused-ring (bicyclic) bond motifs is 1. The van der Waals surface area contributed by atoms with Gasteiger partial charge in [0.05, 0.1) is 0 Å². The van der Waals surface area contributed by atoms with Crippen LogP contribution in [0.15, 0.2) is 59.6 Å². The highest BCUT2D eigenvalue weighted by Crippen LogP contribution is 2.23. The maximum atomic E-state index is 13.0. The van der Waals surface area contributed by atoms with E-state index in [2.05, 4.69) is 30.9 Å². The van der Waals surface area contributed by atoms with Crippen LogP contribution in [0.2, 0.25) is 0 Å². The number of para-hydroxylation sites is 1. The van der Waals surface area contributed by atoms with Crippen molar-refractivity contribution in [3.8, 4) is 0 Å². The predicted octanol–water partition coefficient (Wildman–Crippen LogP) is 2.93. The van der Waals surface area contributed by atoms with Gasteiger partial charge in [0.2, 0.25) is 5.91 Å². The third-order valence-electron chi connectivity index (χ3n) is 5.64. The molecule has 2 heterocycles. The number of piperazine rings is 1. The zero-order valence-corrected chi connectivity index (χ0v) is 17.4. The Morgan fingerprint density at radius 2 is 1.86 bits per heavy atom. The lowest BCUT2D eigenvalue weighted by Crippen LogP contribution is -2.54. The molecule has 1 aromatic heterocycles. The molecule has 1 saturated heterocycles. The first-order chi connectivity index (χ1) is 13.9. The second-order valence-corrected chi connectivity index (χ2v) is 8.51. The summed E-state index contributed by atoms with van der Waals surface area (Å²) in [5.41, 5.74) is 3.24. The van der Waals surface area contributed by atoms with E-state index in [4.69, 9.17) is 0 Å². The number of hydrogen-bond donors (Lipinski definition) is 0. The highest BCUT2D eigenvalue weighted by Gasteiger charge is 2.27. The molecule has 1 amide bonds. The van der Waals surface area contributed by atoms with Crippen molar-refractivity contribution in [3.05, 3.63) is 60.3 Å². The molecule has 0 N–H and O–H groups in total. The first-order valence-electron chi connectivity index (χ1n) is 9.72. The number of anilines is 1. The largest absolute Gasteiger partial charge is 0.768 e. The number of rotatable bonds is 4. The molecule has 0 radical (unpaired) electrons. The molecule has 1 aliphatic rings. The molecule has 2 aromatic carbocycles. The lowest BCUT2D eigenvalue weighted by Gasteiger charge is -2.41. The summed E-state index contributed by atoms with van der Waals surface area (Å²) >= 11 is -2.21. The molecule has 152 valence electrons. The summed E-state index contributed by atoms with van der Waals surface area (Å²) in [5.74, 6) is 0.120. The third-order valence-corrected chi connectivity index (χ3v) is 6.29. The molecular formula is C22H24N3O3S-. The first-order valence-corrected chi connectivity index (χ1v) is 10.8. The van der Waals surface area contributed by atoms with Crippen LogP contribution in [0.5, 0.6) is 0 Å². The average Bonchev–Trinajstić information content (AvgIpc) is 3.03. The van der Waals surface area contributed by atoms with Gasteiger partial charge in [0, 0.05) is 53.4 Å². The van der Waals surface area contributed by atoms with Crippen LogP contribution in [0.25, 0.3) is 10.9 Å². The van der Waals surface area contributed by atoms with Crippen molar-refractivity contribution < 1.29 is 13.6 Å². The maximum absolute atomic E-state index is 13.0.